The van der Waals surface area contributed by atoms with Crippen LogP contribution in [-0.2, 0) is 0 Å². The number of nitrogens with one attached hydrogen (secondary N) is 4. The van der Waals surface area contributed by atoms with Crippen LogP contribution in [0.15, 0.2) is 42.7 Å². The number of hydrazine groups is 2. The van der Waals surface area contributed by atoms with Crippen LogP contribution < -0.4 is 21.7 Å². The van der Waals surface area contributed by atoms with Gasteiger partial charge < -0.3 is 0 Å². The minimum absolute atomic E-state index is 0.0655. The molecule has 170 valence electrons. The zero-order valence-electron chi connectivity index (χ0n) is 16.0. The molecular weight excluding hydrogens is 520 g/mol. The lowest BCUT2D eigenvalue weighted by atomic mass is 10.2. The van der Waals surface area contributed by atoms with Crippen LogP contribution in [0.1, 0.15) is 20.7 Å². The molecule has 3 aromatic rings. The third-order valence-corrected chi connectivity index (χ3v) is 5.04. The lowest BCUT2D eigenvalue weighted by molar-refractivity contribution is -0.383. The number of halogens is 4. The summed E-state index contributed by atoms with van der Waals surface area (Å²) in [5, 5.41) is 12.4. The molecule has 1 aromatic heterocycles. The highest BCUT2D eigenvalue weighted by Gasteiger charge is 2.24. The molecule has 0 atom stereocenters. The van der Waals surface area contributed by atoms with Gasteiger partial charge in [-0.05, 0) is 36.4 Å². The van der Waals surface area contributed by atoms with Gasteiger partial charge in [-0.15, -0.1) is 0 Å². The number of carbonyl (C=O) groups excluding carboxylic acids is 2. The lowest BCUT2D eigenvalue weighted by Crippen LogP contribution is -2.32. The number of nitro groups is 1. The fraction of sp³-hybridized carbons (Fsp3) is 0. The van der Waals surface area contributed by atoms with Gasteiger partial charge in [-0.25, -0.2) is 9.97 Å². The predicted molar refractivity (Wildman–Crippen MR) is 124 cm³/mol. The van der Waals surface area contributed by atoms with E-state index in [1.807, 2.05) is 0 Å². The quantitative estimate of drug-likeness (QED) is 0.257. The van der Waals surface area contributed by atoms with E-state index in [1.165, 1.54) is 36.4 Å². The van der Waals surface area contributed by atoms with Crippen molar-refractivity contribution in [2.45, 2.75) is 0 Å². The molecule has 11 nitrogen and oxygen atoms in total. The second kappa shape index (κ2) is 10.5. The molecule has 0 saturated heterocycles. The van der Waals surface area contributed by atoms with Crippen LogP contribution in [0.4, 0.5) is 17.3 Å². The van der Waals surface area contributed by atoms with Gasteiger partial charge in [-0.1, -0.05) is 46.4 Å². The standard InChI is InChI=1S/C18H11Cl4N7O4/c19-8-1-3-10(12(21)5-8)17(30)27-25-15-14(29(32)33)16(24-7-23-15)26-28-18(31)11-4-2-9(20)6-13(11)22/h1-7H,(H,27,30)(H,28,31)(H2,23,24,25,26). The third-order valence-electron chi connectivity index (χ3n) is 3.95. The van der Waals surface area contributed by atoms with Gasteiger partial charge >= 0.3 is 5.69 Å². The largest absolute Gasteiger partial charge is 0.356 e. The molecule has 1 heterocycles. The molecule has 0 unspecified atom stereocenters. The van der Waals surface area contributed by atoms with E-state index in [0.717, 1.165) is 6.33 Å². The van der Waals surface area contributed by atoms with Gasteiger partial charge in [0.1, 0.15) is 6.33 Å². The molecule has 0 aliphatic heterocycles. The second-order valence-electron chi connectivity index (χ2n) is 6.08. The van der Waals surface area contributed by atoms with Gasteiger partial charge in [0.2, 0.25) is 11.6 Å². The molecular formula is C18H11Cl4N7O4. The predicted octanol–water partition coefficient (Wildman–Crippen LogP) is 4.51. The summed E-state index contributed by atoms with van der Waals surface area (Å²) in [5.74, 6) is -2.14. The summed E-state index contributed by atoms with van der Waals surface area (Å²) < 4.78 is 0. The molecule has 3 rings (SSSR count). The number of hydrogen-bond donors (Lipinski definition) is 4. The molecule has 0 bridgehead atoms. The van der Waals surface area contributed by atoms with Crippen LogP contribution in [0.2, 0.25) is 20.1 Å². The summed E-state index contributed by atoms with van der Waals surface area (Å²) in [4.78, 5) is 43.0. The summed E-state index contributed by atoms with van der Waals surface area (Å²) in [5.41, 5.74) is 8.63. The van der Waals surface area contributed by atoms with Crippen molar-refractivity contribution < 1.29 is 14.5 Å². The Morgan fingerprint density at radius 3 is 1.58 bits per heavy atom. The Labute approximate surface area is 205 Å². The third kappa shape index (κ3) is 5.90. The van der Waals surface area contributed by atoms with Crippen molar-refractivity contribution in [3.8, 4) is 0 Å². The van der Waals surface area contributed by atoms with Crippen LogP contribution in [0.3, 0.4) is 0 Å². The maximum Gasteiger partial charge on any atom is 0.356 e. The SMILES string of the molecule is O=C(NNc1ncnc(NNC(=O)c2ccc(Cl)cc2Cl)c1[N+](=O)[O-])c1ccc(Cl)cc1Cl. The maximum atomic E-state index is 12.3. The summed E-state index contributed by atoms with van der Waals surface area (Å²) in [6.07, 6.45) is 0.973. The number of rotatable bonds is 7. The van der Waals surface area contributed by atoms with Crippen LogP contribution >= 0.6 is 46.4 Å². The Morgan fingerprint density at radius 2 is 1.21 bits per heavy atom. The van der Waals surface area contributed by atoms with Crippen molar-refractivity contribution >= 4 is 75.5 Å². The minimum Gasteiger partial charge on any atom is -0.276 e. The van der Waals surface area contributed by atoms with Crippen molar-refractivity contribution in [2.24, 2.45) is 0 Å². The number of carbonyl (C=O) groups is 2. The molecule has 2 aromatic carbocycles. The van der Waals surface area contributed by atoms with Crippen LogP contribution in [0, 0.1) is 10.1 Å². The van der Waals surface area contributed by atoms with E-state index >= 15 is 0 Å². The van der Waals surface area contributed by atoms with E-state index in [4.69, 9.17) is 46.4 Å². The van der Waals surface area contributed by atoms with Gasteiger partial charge in [0.25, 0.3) is 11.8 Å². The summed E-state index contributed by atoms with van der Waals surface area (Å²) >= 11 is 23.6. The zero-order valence-corrected chi connectivity index (χ0v) is 19.1. The van der Waals surface area contributed by atoms with E-state index in [1.54, 1.807) is 0 Å². The smallest absolute Gasteiger partial charge is 0.276 e. The van der Waals surface area contributed by atoms with Crippen molar-refractivity contribution in [3.63, 3.8) is 0 Å². The van der Waals surface area contributed by atoms with Crippen molar-refractivity contribution in [1.82, 2.24) is 20.8 Å². The van der Waals surface area contributed by atoms with E-state index in [0.29, 0.717) is 10.0 Å². The lowest BCUT2D eigenvalue weighted by Gasteiger charge is -2.12. The van der Waals surface area contributed by atoms with Crippen molar-refractivity contribution in [1.29, 1.82) is 0 Å². The first-order chi connectivity index (χ1) is 15.7. The molecule has 0 saturated carbocycles. The number of aromatic nitrogens is 2. The van der Waals surface area contributed by atoms with Gasteiger partial charge in [0, 0.05) is 10.0 Å². The fourth-order valence-electron chi connectivity index (χ4n) is 2.45. The molecule has 15 heteroatoms. The first-order valence-electron chi connectivity index (χ1n) is 8.69. The number of hydrogen-bond acceptors (Lipinski definition) is 8. The van der Waals surface area contributed by atoms with Crippen LogP contribution in [-0.4, -0.2) is 26.7 Å². The van der Waals surface area contributed by atoms with E-state index in [-0.39, 0.29) is 32.8 Å². The Kier molecular flexibility index (Phi) is 7.71. The highest BCUT2D eigenvalue weighted by molar-refractivity contribution is 6.37. The highest BCUT2D eigenvalue weighted by Crippen LogP contribution is 2.28. The summed E-state index contributed by atoms with van der Waals surface area (Å²) in [6.45, 7) is 0. The van der Waals surface area contributed by atoms with E-state index in [9.17, 15) is 19.7 Å². The molecule has 0 aliphatic carbocycles. The van der Waals surface area contributed by atoms with Gasteiger partial charge in [0.05, 0.1) is 26.1 Å². The Bertz CT molecular complexity index is 1170. The fourth-order valence-corrected chi connectivity index (χ4v) is 3.44. The monoisotopic (exact) mass is 529 g/mol. The Morgan fingerprint density at radius 1 is 0.788 bits per heavy atom. The highest BCUT2D eigenvalue weighted by atomic mass is 35.5. The van der Waals surface area contributed by atoms with E-state index < -0.39 is 22.4 Å². The summed E-state index contributed by atoms with van der Waals surface area (Å²) in [7, 11) is 0. The Hall–Kier alpha value is -3.38. The topological polar surface area (TPSA) is 151 Å². The van der Waals surface area contributed by atoms with Crippen LogP contribution in [0.25, 0.3) is 0 Å². The number of amides is 2. The zero-order chi connectivity index (χ0) is 24.1. The molecule has 2 amide bonds. The number of anilines is 2. The number of benzene rings is 2. The van der Waals surface area contributed by atoms with Crippen LogP contribution in [0.5, 0.6) is 0 Å². The van der Waals surface area contributed by atoms with Gasteiger partial charge in [-0.3, -0.25) is 41.4 Å². The second-order valence-corrected chi connectivity index (χ2v) is 7.77. The van der Waals surface area contributed by atoms with Crippen molar-refractivity contribution in [3.05, 3.63) is 84.1 Å². The normalized spacial score (nSPS) is 10.3. The molecule has 0 spiro atoms. The molecule has 33 heavy (non-hydrogen) atoms. The van der Waals surface area contributed by atoms with Crippen molar-refractivity contribution in [2.75, 3.05) is 10.9 Å². The van der Waals surface area contributed by atoms with Gasteiger partial charge in [-0.2, -0.15) is 0 Å². The van der Waals surface area contributed by atoms with E-state index in [2.05, 4.69) is 31.7 Å². The first-order valence-corrected chi connectivity index (χ1v) is 10.2. The average Bonchev–Trinajstić information content (AvgIpc) is 2.75. The first kappa shape index (κ1) is 24.3. The molecule has 0 radical (unpaired) electrons. The van der Waals surface area contributed by atoms with Gasteiger partial charge in [0.15, 0.2) is 0 Å². The minimum atomic E-state index is -0.812. The molecule has 4 N–H and O–H groups in total. The number of nitrogens with zero attached hydrogens (tertiary/aromatic N) is 3. The molecule has 0 aliphatic rings. The average molecular weight is 531 g/mol. The Balaban J connectivity index is 1.76. The summed E-state index contributed by atoms with van der Waals surface area (Å²) in [6, 6.07) is 8.38. The maximum absolute atomic E-state index is 12.3. The molecule has 0 fully saturated rings.